The second-order valence-corrected chi connectivity index (χ2v) is 4.48. The number of anilines is 1. The lowest BCUT2D eigenvalue weighted by Crippen LogP contribution is -2.23. The van der Waals surface area contributed by atoms with Crippen molar-refractivity contribution in [1.82, 2.24) is 4.98 Å². The highest BCUT2D eigenvalue weighted by atomic mass is 16.1. The van der Waals surface area contributed by atoms with Gasteiger partial charge in [0.2, 0.25) is 5.91 Å². The molecular formula is C12H17N3O. The van der Waals surface area contributed by atoms with Gasteiger partial charge in [-0.2, -0.15) is 0 Å². The van der Waals surface area contributed by atoms with Crippen molar-refractivity contribution >= 4 is 11.7 Å². The summed E-state index contributed by atoms with van der Waals surface area (Å²) < 4.78 is 0. The molecule has 4 nitrogen and oxygen atoms in total. The number of aryl methyl sites for hydroxylation is 1. The lowest BCUT2D eigenvalue weighted by atomic mass is 10.1. The van der Waals surface area contributed by atoms with Crippen LogP contribution in [-0.2, 0) is 4.79 Å². The molecule has 0 saturated heterocycles. The maximum atomic E-state index is 11.9. The van der Waals surface area contributed by atoms with E-state index in [1.807, 2.05) is 19.1 Å². The number of aromatic nitrogens is 1. The highest BCUT2D eigenvalue weighted by Crippen LogP contribution is 2.25. The van der Waals surface area contributed by atoms with Crippen LogP contribution in [0.15, 0.2) is 18.3 Å². The van der Waals surface area contributed by atoms with Gasteiger partial charge in [-0.25, -0.2) is 4.98 Å². The van der Waals surface area contributed by atoms with Gasteiger partial charge in [-0.15, -0.1) is 0 Å². The van der Waals surface area contributed by atoms with Crippen molar-refractivity contribution in [1.29, 1.82) is 0 Å². The van der Waals surface area contributed by atoms with Crippen LogP contribution in [0, 0.1) is 12.8 Å². The third-order valence-corrected chi connectivity index (χ3v) is 3.01. The first kappa shape index (κ1) is 11.1. The molecule has 1 fully saturated rings. The molecule has 3 N–H and O–H groups in total. The molecule has 4 heteroatoms. The maximum absolute atomic E-state index is 11.9. The first-order chi connectivity index (χ1) is 7.65. The third-order valence-electron chi connectivity index (χ3n) is 3.01. The zero-order chi connectivity index (χ0) is 11.5. The lowest BCUT2D eigenvalue weighted by Gasteiger charge is -2.10. The van der Waals surface area contributed by atoms with Crippen LogP contribution in [0.5, 0.6) is 0 Å². The van der Waals surface area contributed by atoms with Gasteiger partial charge in [-0.05, 0) is 43.9 Å². The quantitative estimate of drug-likeness (QED) is 0.791. The van der Waals surface area contributed by atoms with Gasteiger partial charge in [-0.3, -0.25) is 4.79 Å². The van der Waals surface area contributed by atoms with Gasteiger partial charge in [0.05, 0.1) is 0 Å². The van der Waals surface area contributed by atoms with Crippen molar-refractivity contribution in [3.8, 4) is 0 Å². The molecule has 0 aromatic carbocycles. The summed E-state index contributed by atoms with van der Waals surface area (Å²) in [6.07, 6.45) is 4.32. The molecule has 0 radical (unpaired) electrons. The maximum Gasteiger partial charge on any atom is 0.228 e. The number of rotatable bonds is 2. The van der Waals surface area contributed by atoms with Crippen molar-refractivity contribution in [3.05, 3.63) is 23.9 Å². The number of nitrogens with one attached hydrogen (secondary N) is 1. The van der Waals surface area contributed by atoms with E-state index < -0.39 is 0 Å². The molecule has 16 heavy (non-hydrogen) atoms. The Morgan fingerprint density at radius 1 is 1.56 bits per heavy atom. The zero-order valence-corrected chi connectivity index (χ0v) is 9.44. The van der Waals surface area contributed by atoms with Crippen molar-refractivity contribution in [2.75, 3.05) is 5.32 Å². The minimum absolute atomic E-state index is 0.0473. The van der Waals surface area contributed by atoms with E-state index in [0.717, 1.165) is 24.8 Å². The van der Waals surface area contributed by atoms with Crippen LogP contribution in [0.25, 0.3) is 0 Å². The van der Waals surface area contributed by atoms with E-state index in [1.165, 1.54) is 0 Å². The Morgan fingerprint density at radius 3 is 3.00 bits per heavy atom. The predicted octanol–water partition coefficient (Wildman–Crippen LogP) is 1.46. The summed E-state index contributed by atoms with van der Waals surface area (Å²) in [6, 6.07) is 3.95. The fourth-order valence-electron chi connectivity index (χ4n) is 2.09. The number of carbonyl (C=O) groups excluding carboxylic acids is 1. The molecule has 0 aliphatic heterocycles. The van der Waals surface area contributed by atoms with Crippen LogP contribution in [0.4, 0.5) is 5.82 Å². The number of hydrogen-bond donors (Lipinski definition) is 2. The molecule has 0 bridgehead atoms. The van der Waals surface area contributed by atoms with Gasteiger partial charge in [0.15, 0.2) is 0 Å². The van der Waals surface area contributed by atoms with Gasteiger partial charge in [0, 0.05) is 18.2 Å². The van der Waals surface area contributed by atoms with Gasteiger partial charge >= 0.3 is 0 Å². The molecule has 1 aliphatic rings. The second-order valence-electron chi connectivity index (χ2n) is 4.48. The van der Waals surface area contributed by atoms with Crippen LogP contribution in [-0.4, -0.2) is 16.9 Å². The molecule has 0 spiro atoms. The second kappa shape index (κ2) is 4.61. The average Bonchev–Trinajstić information content (AvgIpc) is 2.65. The monoisotopic (exact) mass is 219 g/mol. The van der Waals surface area contributed by atoms with Crippen molar-refractivity contribution in [2.24, 2.45) is 11.7 Å². The van der Waals surface area contributed by atoms with Crippen LogP contribution in [0.2, 0.25) is 0 Å². The van der Waals surface area contributed by atoms with Crippen molar-refractivity contribution < 1.29 is 4.79 Å². The van der Waals surface area contributed by atoms with E-state index >= 15 is 0 Å². The molecule has 2 rings (SSSR count). The van der Waals surface area contributed by atoms with Crippen LogP contribution < -0.4 is 11.1 Å². The van der Waals surface area contributed by atoms with Gasteiger partial charge in [0.1, 0.15) is 5.82 Å². The van der Waals surface area contributed by atoms with E-state index in [2.05, 4.69) is 10.3 Å². The first-order valence-corrected chi connectivity index (χ1v) is 5.64. The van der Waals surface area contributed by atoms with Crippen LogP contribution in [0.1, 0.15) is 24.8 Å². The lowest BCUT2D eigenvalue weighted by molar-refractivity contribution is -0.119. The number of nitrogens with zero attached hydrogens (tertiary/aromatic N) is 1. The Balaban J connectivity index is 1.97. The van der Waals surface area contributed by atoms with E-state index in [0.29, 0.717) is 5.82 Å². The number of nitrogens with two attached hydrogens (primary N) is 1. The minimum atomic E-state index is 0.0473. The molecule has 1 saturated carbocycles. The summed E-state index contributed by atoms with van der Waals surface area (Å²) in [4.78, 5) is 16.0. The summed E-state index contributed by atoms with van der Waals surface area (Å²) >= 11 is 0. The Morgan fingerprint density at radius 2 is 2.38 bits per heavy atom. The Kier molecular flexibility index (Phi) is 3.19. The normalized spacial score (nSPS) is 24.4. The number of carbonyl (C=O) groups is 1. The first-order valence-electron chi connectivity index (χ1n) is 5.64. The van der Waals surface area contributed by atoms with Crippen molar-refractivity contribution in [3.63, 3.8) is 0 Å². The molecule has 1 heterocycles. The number of pyridine rings is 1. The highest BCUT2D eigenvalue weighted by molar-refractivity contribution is 5.91. The van der Waals surface area contributed by atoms with E-state index in [-0.39, 0.29) is 17.9 Å². The minimum Gasteiger partial charge on any atom is -0.328 e. The fourth-order valence-corrected chi connectivity index (χ4v) is 2.09. The summed E-state index contributed by atoms with van der Waals surface area (Å²) in [5.74, 6) is 0.730. The molecule has 86 valence electrons. The predicted molar refractivity (Wildman–Crippen MR) is 62.9 cm³/mol. The molecule has 1 amide bonds. The molecule has 1 aromatic heterocycles. The standard InChI is InChI=1S/C12H17N3O/c1-8-4-5-14-11(6-8)15-12(16)9-2-3-10(13)7-9/h4-6,9-10H,2-3,7,13H2,1H3,(H,14,15,16)/t9-,10+/m0/s1. The van der Waals surface area contributed by atoms with Gasteiger partial charge in [-0.1, -0.05) is 0 Å². The zero-order valence-electron chi connectivity index (χ0n) is 9.44. The Labute approximate surface area is 95.3 Å². The topological polar surface area (TPSA) is 68.0 Å². The third kappa shape index (κ3) is 2.58. The van der Waals surface area contributed by atoms with Crippen molar-refractivity contribution in [2.45, 2.75) is 32.2 Å². The fraction of sp³-hybridized carbons (Fsp3) is 0.500. The van der Waals surface area contributed by atoms with E-state index in [1.54, 1.807) is 6.20 Å². The Hall–Kier alpha value is -1.42. The van der Waals surface area contributed by atoms with E-state index in [9.17, 15) is 4.79 Å². The summed E-state index contributed by atoms with van der Waals surface area (Å²) in [7, 11) is 0. The molecule has 1 aromatic rings. The molecule has 1 aliphatic carbocycles. The Bertz CT molecular complexity index is 392. The number of amides is 1. The molecular weight excluding hydrogens is 202 g/mol. The average molecular weight is 219 g/mol. The summed E-state index contributed by atoms with van der Waals surface area (Å²) in [5, 5.41) is 2.84. The summed E-state index contributed by atoms with van der Waals surface area (Å²) in [5.41, 5.74) is 6.88. The smallest absolute Gasteiger partial charge is 0.228 e. The van der Waals surface area contributed by atoms with Crippen LogP contribution >= 0.6 is 0 Å². The number of hydrogen-bond acceptors (Lipinski definition) is 3. The SMILES string of the molecule is Cc1ccnc(NC(=O)[C@H]2CC[C@@H](N)C2)c1. The van der Waals surface area contributed by atoms with Gasteiger partial charge in [0.25, 0.3) is 0 Å². The van der Waals surface area contributed by atoms with Crippen LogP contribution in [0.3, 0.4) is 0 Å². The highest BCUT2D eigenvalue weighted by Gasteiger charge is 2.27. The molecule has 2 atom stereocenters. The van der Waals surface area contributed by atoms with E-state index in [4.69, 9.17) is 5.73 Å². The van der Waals surface area contributed by atoms with Gasteiger partial charge < -0.3 is 11.1 Å². The summed E-state index contributed by atoms with van der Waals surface area (Å²) in [6.45, 7) is 1.98. The largest absolute Gasteiger partial charge is 0.328 e. The molecule has 0 unspecified atom stereocenters.